The third kappa shape index (κ3) is 3.30. The fraction of sp³-hybridized carbons (Fsp3) is 0.667. The van der Waals surface area contributed by atoms with Crippen LogP contribution in [0.4, 0.5) is 0 Å². The molecule has 0 radical (unpaired) electrons. The van der Waals surface area contributed by atoms with Crippen molar-refractivity contribution in [1.29, 1.82) is 0 Å². The molecule has 1 aromatic heterocycles. The van der Waals surface area contributed by atoms with Crippen LogP contribution in [0.1, 0.15) is 32.0 Å². The number of amides is 1. The van der Waals surface area contributed by atoms with Gasteiger partial charge in [-0.1, -0.05) is 13.3 Å². The number of aromatic amines is 1. The summed E-state index contributed by atoms with van der Waals surface area (Å²) < 4.78 is 0. The van der Waals surface area contributed by atoms with E-state index < -0.39 is 0 Å². The zero-order valence-electron chi connectivity index (χ0n) is 10.2. The second-order valence-corrected chi connectivity index (χ2v) is 4.56. The Morgan fingerprint density at radius 3 is 3.24 bits per heavy atom. The van der Waals surface area contributed by atoms with Gasteiger partial charge in [0.1, 0.15) is 5.82 Å². The van der Waals surface area contributed by atoms with E-state index in [0.29, 0.717) is 12.5 Å². The van der Waals surface area contributed by atoms with E-state index in [0.717, 1.165) is 25.2 Å². The molecule has 1 saturated heterocycles. The molecule has 0 aliphatic carbocycles. The lowest BCUT2D eigenvalue weighted by Gasteiger charge is -2.28. The molecule has 0 aromatic carbocycles. The Bertz CT molecular complexity index is 349. The number of carbonyl (C=O) groups is 1. The van der Waals surface area contributed by atoms with E-state index in [9.17, 15) is 4.79 Å². The van der Waals surface area contributed by atoms with Crippen molar-refractivity contribution in [2.75, 3.05) is 6.54 Å². The highest BCUT2D eigenvalue weighted by Crippen LogP contribution is 2.19. The van der Waals surface area contributed by atoms with Gasteiger partial charge in [0.25, 0.3) is 0 Å². The van der Waals surface area contributed by atoms with Gasteiger partial charge in [-0.2, -0.15) is 0 Å². The summed E-state index contributed by atoms with van der Waals surface area (Å²) in [5.41, 5.74) is 0. The van der Waals surface area contributed by atoms with E-state index in [1.807, 2.05) is 0 Å². The highest BCUT2D eigenvalue weighted by Gasteiger charge is 2.25. The van der Waals surface area contributed by atoms with Crippen molar-refractivity contribution in [2.45, 2.75) is 38.8 Å². The molecule has 2 atom stereocenters. The van der Waals surface area contributed by atoms with Crippen molar-refractivity contribution in [3.8, 4) is 0 Å². The molecule has 0 bridgehead atoms. The van der Waals surface area contributed by atoms with Gasteiger partial charge < -0.3 is 15.6 Å². The van der Waals surface area contributed by atoms with Crippen LogP contribution in [-0.4, -0.2) is 28.5 Å². The molecule has 1 fully saturated rings. The number of hydrogen-bond donors (Lipinski definition) is 3. The summed E-state index contributed by atoms with van der Waals surface area (Å²) in [6.07, 6.45) is 6.73. The van der Waals surface area contributed by atoms with Crippen molar-refractivity contribution >= 4 is 5.91 Å². The molecule has 3 N–H and O–H groups in total. The molecular weight excluding hydrogens is 216 g/mol. The molecule has 2 unspecified atom stereocenters. The fourth-order valence-corrected chi connectivity index (χ4v) is 2.26. The van der Waals surface area contributed by atoms with Crippen LogP contribution in [0.15, 0.2) is 12.4 Å². The van der Waals surface area contributed by atoms with Crippen LogP contribution >= 0.6 is 0 Å². The lowest BCUT2D eigenvalue weighted by molar-refractivity contribution is -0.124. The largest absolute Gasteiger partial charge is 0.348 e. The molecular formula is C12H20N4O. The van der Waals surface area contributed by atoms with Crippen LogP contribution in [0.2, 0.25) is 0 Å². The fourth-order valence-electron chi connectivity index (χ4n) is 2.26. The van der Waals surface area contributed by atoms with Gasteiger partial charge in [-0.3, -0.25) is 4.79 Å². The highest BCUT2D eigenvalue weighted by molar-refractivity contribution is 5.81. The average Bonchev–Trinajstić information content (AvgIpc) is 2.89. The number of carbonyl (C=O) groups excluding carboxylic acids is 1. The van der Waals surface area contributed by atoms with E-state index in [4.69, 9.17) is 0 Å². The van der Waals surface area contributed by atoms with E-state index in [1.165, 1.54) is 6.42 Å². The third-order valence-corrected chi connectivity index (χ3v) is 3.39. The summed E-state index contributed by atoms with van der Waals surface area (Å²) >= 11 is 0. The number of hydrogen-bond acceptors (Lipinski definition) is 3. The Balaban J connectivity index is 1.79. The summed E-state index contributed by atoms with van der Waals surface area (Å²) in [6, 6.07) is -0.0383. The van der Waals surface area contributed by atoms with Crippen LogP contribution < -0.4 is 10.6 Å². The molecule has 94 valence electrons. The van der Waals surface area contributed by atoms with Gasteiger partial charge in [0.15, 0.2) is 0 Å². The molecule has 2 heterocycles. The average molecular weight is 236 g/mol. The smallest absolute Gasteiger partial charge is 0.237 e. The van der Waals surface area contributed by atoms with Crippen molar-refractivity contribution in [3.63, 3.8) is 0 Å². The number of aromatic nitrogens is 2. The Hall–Kier alpha value is -1.36. The Labute approximate surface area is 101 Å². The Morgan fingerprint density at radius 2 is 2.53 bits per heavy atom. The topological polar surface area (TPSA) is 69.8 Å². The van der Waals surface area contributed by atoms with E-state index in [1.54, 1.807) is 12.4 Å². The van der Waals surface area contributed by atoms with Gasteiger partial charge in [0.2, 0.25) is 5.91 Å². The monoisotopic (exact) mass is 236 g/mol. The number of imidazole rings is 1. The maximum Gasteiger partial charge on any atom is 0.237 e. The summed E-state index contributed by atoms with van der Waals surface area (Å²) in [4.78, 5) is 19.0. The Kier molecular flexibility index (Phi) is 4.14. The molecule has 1 aliphatic heterocycles. The second-order valence-electron chi connectivity index (χ2n) is 4.56. The van der Waals surface area contributed by atoms with Crippen LogP contribution in [-0.2, 0) is 11.3 Å². The number of piperidine rings is 1. The quantitative estimate of drug-likeness (QED) is 0.724. The lowest BCUT2D eigenvalue weighted by Crippen LogP contribution is -2.48. The zero-order chi connectivity index (χ0) is 12.1. The van der Waals surface area contributed by atoms with Crippen molar-refractivity contribution in [1.82, 2.24) is 20.6 Å². The van der Waals surface area contributed by atoms with Crippen LogP contribution in [0.5, 0.6) is 0 Å². The summed E-state index contributed by atoms with van der Waals surface area (Å²) in [5.74, 6) is 1.55. The molecule has 1 amide bonds. The molecule has 1 aromatic rings. The standard InChI is InChI=1S/C12H20N4O/c1-2-9-3-4-13-10(7-9)12(17)16-8-11-14-5-6-15-11/h5-6,9-10,13H,2-4,7-8H2,1H3,(H,14,15)(H,16,17). The first-order valence-electron chi connectivity index (χ1n) is 6.29. The lowest BCUT2D eigenvalue weighted by atomic mass is 9.90. The van der Waals surface area contributed by atoms with Gasteiger partial charge in [-0.25, -0.2) is 4.98 Å². The van der Waals surface area contributed by atoms with Crippen molar-refractivity contribution in [2.24, 2.45) is 5.92 Å². The molecule has 2 rings (SSSR count). The first-order valence-corrected chi connectivity index (χ1v) is 6.29. The second kappa shape index (κ2) is 5.82. The SMILES string of the molecule is CCC1CCNC(C(=O)NCc2ncc[nH]2)C1. The van der Waals surface area contributed by atoms with Crippen LogP contribution in [0, 0.1) is 5.92 Å². The van der Waals surface area contributed by atoms with Crippen LogP contribution in [0.25, 0.3) is 0 Å². The minimum atomic E-state index is -0.0383. The molecule has 0 saturated carbocycles. The maximum absolute atomic E-state index is 11.9. The van der Waals surface area contributed by atoms with Crippen molar-refractivity contribution < 1.29 is 4.79 Å². The summed E-state index contributed by atoms with van der Waals surface area (Å²) in [5, 5.41) is 6.17. The summed E-state index contributed by atoms with van der Waals surface area (Å²) in [6.45, 7) is 3.60. The molecule has 5 nitrogen and oxygen atoms in total. The van der Waals surface area contributed by atoms with Gasteiger partial charge in [0, 0.05) is 12.4 Å². The van der Waals surface area contributed by atoms with Gasteiger partial charge in [0.05, 0.1) is 12.6 Å². The zero-order valence-corrected chi connectivity index (χ0v) is 10.2. The minimum absolute atomic E-state index is 0.0383. The van der Waals surface area contributed by atoms with E-state index in [-0.39, 0.29) is 11.9 Å². The molecule has 5 heteroatoms. The molecule has 0 spiro atoms. The van der Waals surface area contributed by atoms with E-state index >= 15 is 0 Å². The number of nitrogens with one attached hydrogen (secondary N) is 3. The normalized spacial score (nSPS) is 24.5. The predicted octanol–water partition coefficient (Wildman–Crippen LogP) is 0.804. The number of rotatable bonds is 4. The van der Waals surface area contributed by atoms with Crippen molar-refractivity contribution in [3.05, 3.63) is 18.2 Å². The van der Waals surface area contributed by atoms with E-state index in [2.05, 4.69) is 27.5 Å². The first kappa shape index (κ1) is 12.1. The predicted molar refractivity (Wildman–Crippen MR) is 65.2 cm³/mol. The maximum atomic E-state index is 11.9. The Morgan fingerprint density at radius 1 is 1.65 bits per heavy atom. The minimum Gasteiger partial charge on any atom is -0.348 e. The molecule has 1 aliphatic rings. The third-order valence-electron chi connectivity index (χ3n) is 3.39. The van der Waals surface area contributed by atoms with Gasteiger partial charge in [-0.15, -0.1) is 0 Å². The highest BCUT2D eigenvalue weighted by atomic mass is 16.2. The first-order chi connectivity index (χ1) is 8.29. The van der Waals surface area contributed by atoms with Crippen LogP contribution in [0.3, 0.4) is 0 Å². The summed E-state index contributed by atoms with van der Waals surface area (Å²) in [7, 11) is 0. The molecule has 17 heavy (non-hydrogen) atoms. The van der Waals surface area contributed by atoms with Gasteiger partial charge >= 0.3 is 0 Å². The number of H-pyrrole nitrogens is 1. The number of nitrogens with zero attached hydrogens (tertiary/aromatic N) is 1. The van der Waals surface area contributed by atoms with Gasteiger partial charge in [-0.05, 0) is 25.3 Å².